The van der Waals surface area contributed by atoms with Crippen LogP contribution in [0.5, 0.6) is 0 Å². The summed E-state index contributed by atoms with van der Waals surface area (Å²) in [5, 5.41) is 0.670. The summed E-state index contributed by atoms with van der Waals surface area (Å²) in [7, 11) is 0. The van der Waals surface area contributed by atoms with Gasteiger partial charge in [-0.3, -0.25) is 0 Å². The minimum absolute atomic E-state index is 0.0725. The third kappa shape index (κ3) is 1.24. The summed E-state index contributed by atoms with van der Waals surface area (Å²) < 4.78 is 24.7. The average molecular weight is 166 g/mol. The Morgan fingerprint density at radius 3 is 2.44 bits per heavy atom. The highest BCUT2D eigenvalue weighted by molar-refractivity contribution is 7.79. The molecule has 0 amide bonds. The van der Waals surface area contributed by atoms with Crippen LogP contribution in [0.1, 0.15) is 5.56 Å². The first kappa shape index (κ1) is 7.02. The summed E-state index contributed by atoms with van der Waals surface area (Å²) in [4.78, 5) is 0. The van der Waals surface area contributed by atoms with E-state index in [-0.39, 0.29) is 11.3 Å². The lowest BCUT2D eigenvalue weighted by atomic mass is 10.4. The number of thiophene rings is 1. The van der Waals surface area contributed by atoms with Crippen molar-refractivity contribution < 1.29 is 8.78 Å². The molecule has 1 aromatic heterocycles. The fourth-order valence-electron chi connectivity index (χ4n) is 0.477. The van der Waals surface area contributed by atoms with Gasteiger partial charge in [0.25, 0.3) is 0 Å². The number of rotatable bonds is 1. The quantitative estimate of drug-likeness (QED) is 0.609. The van der Waals surface area contributed by atoms with E-state index in [1.807, 2.05) is 0 Å². The Morgan fingerprint density at radius 2 is 2.22 bits per heavy atom. The number of halogens is 2. The Balaban J connectivity index is 3.07. The van der Waals surface area contributed by atoms with Crippen LogP contribution < -0.4 is 0 Å². The summed E-state index contributed by atoms with van der Waals surface area (Å²) in [6, 6.07) is 0. The fraction of sp³-hybridized carbons (Fsp3) is 0.200. The highest BCUT2D eigenvalue weighted by Crippen LogP contribution is 2.20. The van der Waals surface area contributed by atoms with Crippen LogP contribution in [0.2, 0.25) is 0 Å². The van der Waals surface area contributed by atoms with Crippen molar-refractivity contribution in [3.63, 3.8) is 0 Å². The second-order valence-corrected chi connectivity index (χ2v) is 2.64. The number of hydrogen-bond donors (Lipinski definition) is 1. The molecule has 0 fully saturated rings. The maximum Gasteiger partial charge on any atom is 0.183 e. The third-order valence-electron chi connectivity index (χ3n) is 0.950. The van der Waals surface area contributed by atoms with Gasteiger partial charge in [-0.25, -0.2) is 4.39 Å². The summed E-state index contributed by atoms with van der Waals surface area (Å²) in [6.07, 6.45) is 0. The minimum atomic E-state index is -0.493. The molecule has 0 aliphatic heterocycles. The lowest BCUT2D eigenvalue weighted by Crippen LogP contribution is -1.80. The molecule has 0 aliphatic rings. The van der Waals surface area contributed by atoms with Crippen LogP contribution in [-0.2, 0) is 5.75 Å². The number of thiol groups is 1. The molecule has 0 unspecified atom stereocenters. The second-order valence-electron chi connectivity index (χ2n) is 1.49. The van der Waals surface area contributed by atoms with Crippen LogP contribution in [0.3, 0.4) is 0 Å². The molecule has 0 saturated heterocycles. The normalized spacial score (nSPS) is 10.1. The van der Waals surface area contributed by atoms with Crippen LogP contribution in [-0.4, -0.2) is 0 Å². The molecule has 1 rings (SSSR count). The van der Waals surface area contributed by atoms with Gasteiger partial charge in [-0.15, -0.1) is 11.3 Å². The van der Waals surface area contributed by atoms with Gasteiger partial charge in [0.05, 0.1) is 0 Å². The molecule has 0 bridgehead atoms. The van der Waals surface area contributed by atoms with Gasteiger partial charge in [0.2, 0.25) is 0 Å². The molecule has 50 valence electrons. The largest absolute Gasteiger partial charge is 0.206 e. The lowest BCUT2D eigenvalue weighted by Gasteiger charge is -1.86. The van der Waals surface area contributed by atoms with Gasteiger partial charge >= 0.3 is 0 Å². The van der Waals surface area contributed by atoms with Gasteiger partial charge in [-0.2, -0.15) is 17.0 Å². The van der Waals surface area contributed by atoms with E-state index in [9.17, 15) is 8.78 Å². The zero-order valence-corrected chi connectivity index (χ0v) is 6.11. The van der Waals surface area contributed by atoms with Gasteiger partial charge in [-0.1, -0.05) is 0 Å². The molecule has 0 saturated carbocycles. The van der Waals surface area contributed by atoms with Crippen molar-refractivity contribution in [3.8, 4) is 0 Å². The molecule has 1 aromatic rings. The smallest absolute Gasteiger partial charge is 0.183 e. The molecular formula is C5H4F2S2. The van der Waals surface area contributed by atoms with E-state index >= 15 is 0 Å². The van der Waals surface area contributed by atoms with Crippen molar-refractivity contribution in [1.82, 2.24) is 0 Å². The molecule has 9 heavy (non-hydrogen) atoms. The molecule has 0 atom stereocenters. The highest BCUT2D eigenvalue weighted by Gasteiger charge is 2.07. The summed E-state index contributed by atoms with van der Waals surface area (Å²) in [5.41, 5.74) is 0.0725. The minimum Gasteiger partial charge on any atom is -0.206 e. The molecule has 4 heteroatoms. The van der Waals surface area contributed by atoms with Crippen molar-refractivity contribution in [2.45, 2.75) is 5.75 Å². The van der Waals surface area contributed by atoms with E-state index in [0.29, 0.717) is 0 Å². The topological polar surface area (TPSA) is 0 Å². The van der Waals surface area contributed by atoms with Gasteiger partial charge in [-0.05, 0) is 0 Å². The summed E-state index contributed by atoms with van der Waals surface area (Å²) in [6.45, 7) is 0. The molecule has 0 radical (unpaired) electrons. The first-order valence-electron chi connectivity index (χ1n) is 2.28. The van der Waals surface area contributed by atoms with Crippen LogP contribution in [0, 0.1) is 10.9 Å². The first-order chi connectivity index (χ1) is 4.25. The lowest BCUT2D eigenvalue weighted by molar-refractivity contribution is 0.593. The van der Waals surface area contributed by atoms with Crippen molar-refractivity contribution in [1.29, 1.82) is 0 Å². The predicted molar refractivity (Wildman–Crippen MR) is 36.9 cm³/mol. The predicted octanol–water partition coefficient (Wildman–Crippen LogP) is 2.46. The second kappa shape index (κ2) is 2.66. The fourth-order valence-corrected chi connectivity index (χ4v) is 1.54. The Labute approximate surface area is 60.9 Å². The van der Waals surface area contributed by atoms with Gasteiger partial charge < -0.3 is 0 Å². The van der Waals surface area contributed by atoms with Crippen molar-refractivity contribution >= 4 is 24.0 Å². The molecular weight excluding hydrogens is 162 g/mol. The maximum absolute atomic E-state index is 12.3. The Bertz CT molecular complexity index is 187. The van der Waals surface area contributed by atoms with Gasteiger partial charge in [0, 0.05) is 16.7 Å². The first-order valence-corrected chi connectivity index (χ1v) is 3.79. The van der Waals surface area contributed by atoms with Crippen LogP contribution in [0.25, 0.3) is 0 Å². The van der Waals surface area contributed by atoms with Crippen LogP contribution >= 0.6 is 24.0 Å². The maximum atomic E-state index is 12.3. The molecule has 1 heterocycles. The Kier molecular flexibility index (Phi) is 2.08. The van der Waals surface area contributed by atoms with Gasteiger partial charge in [0.1, 0.15) is 5.82 Å². The van der Waals surface area contributed by atoms with Crippen molar-refractivity contribution in [2.75, 3.05) is 0 Å². The van der Waals surface area contributed by atoms with E-state index in [0.717, 1.165) is 16.7 Å². The third-order valence-corrected chi connectivity index (χ3v) is 2.04. The monoisotopic (exact) mass is 166 g/mol. The standard InChI is InChI=1S/C5H4F2S2/c6-4-2-9-5(7)3(4)1-8/h2,8H,1H2. The zero-order chi connectivity index (χ0) is 6.85. The molecule has 0 aliphatic carbocycles. The summed E-state index contributed by atoms with van der Waals surface area (Å²) >= 11 is 4.51. The Morgan fingerprint density at radius 1 is 1.56 bits per heavy atom. The Hall–Kier alpha value is -0.0900. The molecule has 0 N–H and O–H groups in total. The SMILES string of the molecule is Fc1csc(F)c1CS. The van der Waals surface area contributed by atoms with Crippen molar-refractivity contribution in [3.05, 3.63) is 21.9 Å². The molecule has 0 nitrogen and oxygen atoms in total. The van der Waals surface area contributed by atoms with Gasteiger partial charge in [0.15, 0.2) is 5.13 Å². The van der Waals surface area contributed by atoms with Crippen LogP contribution in [0.4, 0.5) is 8.78 Å². The van der Waals surface area contributed by atoms with Crippen LogP contribution in [0.15, 0.2) is 5.38 Å². The molecule has 0 spiro atoms. The van der Waals surface area contributed by atoms with Crippen molar-refractivity contribution in [2.24, 2.45) is 0 Å². The van der Waals surface area contributed by atoms with E-state index in [1.54, 1.807) is 0 Å². The van der Waals surface area contributed by atoms with E-state index in [1.165, 1.54) is 0 Å². The van der Waals surface area contributed by atoms with E-state index < -0.39 is 10.9 Å². The number of hydrogen-bond acceptors (Lipinski definition) is 2. The molecule has 0 aromatic carbocycles. The van der Waals surface area contributed by atoms with E-state index in [4.69, 9.17) is 0 Å². The average Bonchev–Trinajstić information content (AvgIpc) is 2.12. The van der Waals surface area contributed by atoms with E-state index in [2.05, 4.69) is 12.6 Å². The summed E-state index contributed by atoms with van der Waals surface area (Å²) in [5.74, 6) is -0.367. The zero-order valence-electron chi connectivity index (χ0n) is 4.40. The highest BCUT2D eigenvalue weighted by atomic mass is 32.1.